The first kappa shape index (κ1) is 12.9. The maximum Gasteiger partial charge on any atom is 0.260 e. The lowest BCUT2D eigenvalue weighted by molar-refractivity contribution is 0.102. The van der Waals surface area contributed by atoms with Crippen molar-refractivity contribution in [2.75, 3.05) is 17.7 Å². The minimum Gasteiger partial charge on any atom is -0.491 e. The summed E-state index contributed by atoms with van der Waals surface area (Å²) in [5.74, 6) is 1.01. The highest BCUT2D eigenvalue weighted by atomic mass is 16.5. The van der Waals surface area contributed by atoms with Gasteiger partial charge in [-0.2, -0.15) is 0 Å². The Morgan fingerprint density at radius 1 is 1.53 bits per heavy atom. The summed E-state index contributed by atoms with van der Waals surface area (Å²) in [5.41, 5.74) is 6.59. The van der Waals surface area contributed by atoms with Gasteiger partial charge >= 0.3 is 0 Å². The third kappa shape index (κ3) is 2.85. The fourth-order valence-corrected chi connectivity index (χ4v) is 1.65. The molecule has 0 saturated heterocycles. The number of ether oxygens (including phenoxy) is 1. The van der Waals surface area contributed by atoms with Gasteiger partial charge in [-0.25, -0.2) is 0 Å². The van der Waals surface area contributed by atoms with Crippen molar-refractivity contribution in [3.05, 3.63) is 35.6 Å². The summed E-state index contributed by atoms with van der Waals surface area (Å²) in [6.07, 6.45) is 0. The van der Waals surface area contributed by atoms with Gasteiger partial charge in [-0.1, -0.05) is 11.2 Å². The zero-order chi connectivity index (χ0) is 13.8. The molecule has 2 aromatic rings. The molecule has 0 saturated carbocycles. The molecule has 6 heteroatoms. The van der Waals surface area contributed by atoms with Crippen LogP contribution in [0.3, 0.4) is 0 Å². The van der Waals surface area contributed by atoms with Gasteiger partial charge in [-0.3, -0.25) is 4.79 Å². The number of amides is 1. The van der Waals surface area contributed by atoms with Crippen LogP contribution in [-0.2, 0) is 0 Å². The molecule has 6 nitrogen and oxygen atoms in total. The van der Waals surface area contributed by atoms with Gasteiger partial charge in [0.25, 0.3) is 5.91 Å². The maximum atomic E-state index is 12.1. The standard InChI is InChI=1S/C13H15N3O3/c1-3-18-12-9(5-4-6-10(12)14)13(17)15-11-7-8(2)19-16-11/h4-7H,3,14H2,1-2H3,(H,15,16,17). The van der Waals surface area contributed by atoms with E-state index in [9.17, 15) is 4.79 Å². The van der Waals surface area contributed by atoms with Crippen molar-refractivity contribution >= 4 is 17.4 Å². The zero-order valence-corrected chi connectivity index (χ0v) is 10.8. The predicted octanol–water partition coefficient (Wildman–Crippen LogP) is 2.22. The van der Waals surface area contributed by atoms with Crippen molar-refractivity contribution < 1.29 is 14.1 Å². The lowest BCUT2D eigenvalue weighted by Crippen LogP contribution is -2.14. The summed E-state index contributed by atoms with van der Waals surface area (Å²) in [4.78, 5) is 12.1. The molecule has 2 rings (SSSR count). The van der Waals surface area contributed by atoms with E-state index >= 15 is 0 Å². The van der Waals surface area contributed by atoms with Gasteiger partial charge in [0.1, 0.15) is 5.76 Å². The quantitative estimate of drug-likeness (QED) is 0.823. The molecule has 100 valence electrons. The smallest absolute Gasteiger partial charge is 0.260 e. The van der Waals surface area contributed by atoms with Gasteiger partial charge in [0.15, 0.2) is 11.6 Å². The van der Waals surface area contributed by atoms with Gasteiger partial charge in [0.2, 0.25) is 0 Å². The van der Waals surface area contributed by atoms with E-state index in [-0.39, 0.29) is 5.91 Å². The number of hydrogen-bond donors (Lipinski definition) is 2. The Hall–Kier alpha value is -2.50. The number of nitrogens with zero attached hydrogens (tertiary/aromatic N) is 1. The van der Waals surface area contributed by atoms with Crippen LogP contribution in [0.5, 0.6) is 5.75 Å². The first-order valence-electron chi connectivity index (χ1n) is 5.87. The molecule has 0 aliphatic carbocycles. The van der Waals surface area contributed by atoms with Gasteiger partial charge in [-0.05, 0) is 26.0 Å². The predicted molar refractivity (Wildman–Crippen MR) is 71.2 cm³/mol. The number of nitrogen functional groups attached to an aromatic ring is 1. The van der Waals surface area contributed by atoms with Crippen LogP contribution in [0.4, 0.5) is 11.5 Å². The molecule has 0 spiro atoms. The first-order valence-corrected chi connectivity index (χ1v) is 5.87. The number of aryl methyl sites for hydroxylation is 1. The third-order valence-corrected chi connectivity index (χ3v) is 2.45. The molecule has 0 unspecified atom stereocenters. The molecular formula is C13H15N3O3. The molecular weight excluding hydrogens is 246 g/mol. The van der Waals surface area contributed by atoms with Crippen molar-refractivity contribution in [3.63, 3.8) is 0 Å². The SMILES string of the molecule is CCOc1c(N)cccc1C(=O)Nc1cc(C)on1. The molecule has 1 amide bonds. The Morgan fingerprint density at radius 2 is 2.32 bits per heavy atom. The monoisotopic (exact) mass is 261 g/mol. The average Bonchev–Trinajstić information content (AvgIpc) is 2.77. The number of carbonyl (C=O) groups is 1. The summed E-state index contributed by atoms with van der Waals surface area (Å²) in [6.45, 7) is 4.00. The van der Waals surface area contributed by atoms with E-state index in [0.29, 0.717) is 35.2 Å². The molecule has 19 heavy (non-hydrogen) atoms. The Morgan fingerprint density at radius 3 is 2.95 bits per heavy atom. The summed E-state index contributed by atoms with van der Waals surface area (Å²) in [7, 11) is 0. The molecule has 3 N–H and O–H groups in total. The Labute approximate surface area is 110 Å². The minimum atomic E-state index is -0.343. The fraction of sp³-hybridized carbons (Fsp3) is 0.231. The Bertz CT molecular complexity index is 593. The number of aromatic nitrogens is 1. The van der Waals surface area contributed by atoms with E-state index in [1.807, 2.05) is 6.92 Å². The molecule has 0 atom stereocenters. The Balaban J connectivity index is 2.25. The molecule has 0 fully saturated rings. The zero-order valence-electron chi connectivity index (χ0n) is 10.8. The molecule has 0 bridgehead atoms. The molecule has 1 heterocycles. The number of carbonyl (C=O) groups excluding carboxylic acids is 1. The summed E-state index contributed by atoms with van der Waals surface area (Å²) in [6, 6.07) is 6.65. The molecule has 1 aromatic carbocycles. The van der Waals surface area contributed by atoms with Crippen LogP contribution in [0.15, 0.2) is 28.8 Å². The minimum absolute atomic E-state index is 0.343. The fourth-order valence-electron chi connectivity index (χ4n) is 1.65. The maximum absolute atomic E-state index is 12.1. The number of rotatable bonds is 4. The van der Waals surface area contributed by atoms with Crippen molar-refractivity contribution in [3.8, 4) is 5.75 Å². The second kappa shape index (κ2) is 5.43. The van der Waals surface area contributed by atoms with Crippen LogP contribution in [-0.4, -0.2) is 17.7 Å². The Kier molecular flexibility index (Phi) is 3.70. The van der Waals surface area contributed by atoms with E-state index in [1.165, 1.54) is 0 Å². The van der Waals surface area contributed by atoms with E-state index < -0.39 is 0 Å². The average molecular weight is 261 g/mol. The topological polar surface area (TPSA) is 90.4 Å². The number of nitrogens with two attached hydrogens (primary N) is 1. The number of hydrogen-bond acceptors (Lipinski definition) is 5. The summed E-state index contributed by atoms with van der Waals surface area (Å²) >= 11 is 0. The van der Waals surface area contributed by atoms with Crippen molar-refractivity contribution in [1.29, 1.82) is 0 Å². The second-order valence-electron chi connectivity index (χ2n) is 3.93. The number of benzene rings is 1. The van der Waals surface area contributed by atoms with Crippen LogP contribution in [0, 0.1) is 6.92 Å². The van der Waals surface area contributed by atoms with E-state index in [4.69, 9.17) is 15.0 Å². The van der Waals surface area contributed by atoms with E-state index in [2.05, 4.69) is 10.5 Å². The lowest BCUT2D eigenvalue weighted by atomic mass is 10.1. The van der Waals surface area contributed by atoms with Crippen LogP contribution in [0.25, 0.3) is 0 Å². The largest absolute Gasteiger partial charge is 0.491 e. The summed E-state index contributed by atoms with van der Waals surface area (Å²) < 4.78 is 10.3. The van der Waals surface area contributed by atoms with Crippen molar-refractivity contribution in [2.45, 2.75) is 13.8 Å². The highest BCUT2D eigenvalue weighted by molar-refractivity contribution is 6.06. The van der Waals surface area contributed by atoms with Gasteiger partial charge in [-0.15, -0.1) is 0 Å². The van der Waals surface area contributed by atoms with E-state index in [1.54, 1.807) is 31.2 Å². The normalized spacial score (nSPS) is 10.2. The van der Waals surface area contributed by atoms with Crippen LogP contribution in [0.1, 0.15) is 23.0 Å². The highest BCUT2D eigenvalue weighted by Gasteiger charge is 2.16. The molecule has 0 aliphatic heterocycles. The van der Waals surface area contributed by atoms with E-state index in [0.717, 1.165) is 0 Å². The number of anilines is 2. The number of nitrogens with one attached hydrogen (secondary N) is 1. The van der Waals surface area contributed by atoms with Crippen LogP contribution >= 0.6 is 0 Å². The lowest BCUT2D eigenvalue weighted by Gasteiger charge is -2.11. The van der Waals surface area contributed by atoms with Gasteiger partial charge in [0.05, 0.1) is 17.9 Å². The van der Waals surface area contributed by atoms with Crippen molar-refractivity contribution in [1.82, 2.24) is 5.16 Å². The summed E-state index contributed by atoms with van der Waals surface area (Å²) in [5, 5.41) is 6.33. The van der Waals surface area contributed by atoms with Gasteiger partial charge in [0, 0.05) is 6.07 Å². The third-order valence-electron chi connectivity index (χ3n) is 2.45. The molecule has 1 aromatic heterocycles. The highest BCUT2D eigenvalue weighted by Crippen LogP contribution is 2.27. The molecule has 0 radical (unpaired) electrons. The first-order chi connectivity index (χ1) is 9.11. The van der Waals surface area contributed by atoms with Crippen molar-refractivity contribution in [2.24, 2.45) is 0 Å². The molecule has 0 aliphatic rings. The number of para-hydroxylation sites is 1. The van der Waals surface area contributed by atoms with Crippen LogP contribution < -0.4 is 15.8 Å². The van der Waals surface area contributed by atoms with Gasteiger partial charge < -0.3 is 20.3 Å². The van der Waals surface area contributed by atoms with Crippen LogP contribution in [0.2, 0.25) is 0 Å². The second-order valence-corrected chi connectivity index (χ2v) is 3.93.